The number of hydrogen-bond donors (Lipinski definition) is 2. The number of thioether (sulfide) groups is 1. The lowest BCUT2D eigenvalue weighted by Gasteiger charge is -2.04. The van der Waals surface area contributed by atoms with Gasteiger partial charge in [0.1, 0.15) is 0 Å². The SMILES string of the molecule is CCCCCCCCCc1ccc(CSC(=N)N)cc1. The standard InChI is InChI=1S/C17H28N2S/c1-2-3-4-5-6-7-8-9-15-10-12-16(13-11-15)14-20-17(18)19/h10-13H,2-9,14H2,1H3,(H3,18,19). The normalized spacial score (nSPS) is 10.7. The van der Waals surface area contributed by atoms with E-state index in [2.05, 4.69) is 31.2 Å². The second-order valence-corrected chi connectivity index (χ2v) is 6.36. The van der Waals surface area contributed by atoms with E-state index in [1.165, 1.54) is 74.3 Å². The summed E-state index contributed by atoms with van der Waals surface area (Å²) in [6, 6.07) is 8.75. The summed E-state index contributed by atoms with van der Waals surface area (Å²) < 4.78 is 0. The van der Waals surface area contributed by atoms with E-state index in [-0.39, 0.29) is 5.17 Å². The Morgan fingerprint density at radius 1 is 0.950 bits per heavy atom. The molecule has 0 unspecified atom stereocenters. The Morgan fingerprint density at radius 3 is 2.10 bits per heavy atom. The summed E-state index contributed by atoms with van der Waals surface area (Å²) in [7, 11) is 0. The van der Waals surface area contributed by atoms with Gasteiger partial charge in [0.2, 0.25) is 0 Å². The van der Waals surface area contributed by atoms with Gasteiger partial charge in [-0.05, 0) is 24.0 Å². The van der Waals surface area contributed by atoms with Crippen LogP contribution in [0.1, 0.15) is 63.0 Å². The summed E-state index contributed by atoms with van der Waals surface area (Å²) in [6.45, 7) is 2.26. The fraction of sp³-hybridized carbons (Fsp3) is 0.588. The van der Waals surface area contributed by atoms with Gasteiger partial charge in [-0.2, -0.15) is 0 Å². The van der Waals surface area contributed by atoms with E-state index in [4.69, 9.17) is 11.1 Å². The fourth-order valence-corrected chi connectivity index (χ4v) is 2.76. The highest BCUT2D eigenvalue weighted by Crippen LogP contribution is 2.15. The van der Waals surface area contributed by atoms with Crippen molar-refractivity contribution in [2.24, 2.45) is 5.73 Å². The van der Waals surface area contributed by atoms with Crippen LogP contribution in [0.3, 0.4) is 0 Å². The fourth-order valence-electron chi connectivity index (χ4n) is 2.25. The van der Waals surface area contributed by atoms with Crippen LogP contribution < -0.4 is 5.73 Å². The summed E-state index contributed by atoms with van der Waals surface area (Å²) in [5.41, 5.74) is 8.01. The zero-order chi connectivity index (χ0) is 14.6. The Balaban J connectivity index is 2.13. The highest BCUT2D eigenvalue weighted by Gasteiger charge is 1.98. The first kappa shape index (κ1) is 17.1. The van der Waals surface area contributed by atoms with Crippen molar-refractivity contribution in [3.8, 4) is 0 Å². The molecule has 0 fully saturated rings. The molecule has 0 saturated heterocycles. The Kier molecular flexibility index (Phi) is 9.22. The van der Waals surface area contributed by atoms with E-state index in [0.29, 0.717) is 0 Å². The molecule has 3 N–H and O–H groups in total. The van der Waals surface area contributed by atoms with Gasteiger partial charge in [0, 0.05) is 5.75 Å². The molecule has 1 aromatic carbocycles. The van der Waals surface area contributed by atoms with E-state index >= 15 is 0 Å². The van der Waals surface area contributed by atoms with Crippen LogP contribution in [-0.2, 0) is 12.2 Å². The van der Waals surface area contributed by atoms with Crippen molar-refractivity contribution in [1.29, 1.82) is 5.41 Å². The van der Waals surface area contributed by atoms with Crippen LogP contribution in [0.25, 0.3) is 0 Å². The van der Waals surface area contributed by atoms with Crippen molar-refractivity contribution in [3.05, 3.63) is 35.4 Å². The zero-order valence-corrected chi connectivity index (χ0v) is 13.5. The van der Waals surface area contributed by atoms with Crippen LogP contribution in [0.4, 0.5) is 0 Å². The van der Waals surface area contributed by atoms with Crippen molar-refractivity contribution < 1.29 is 0 Å². The van der Waals surface area contributed by atoms with Crippen molar-refractivity contribution >= 4 is 16.9 Å². The molecule has 0 aliphatic heterocycles. The van der Waals surface area contributed by atoms with Crippen LogP contribution in [0, 0.1) is 5.41 Å². The van der Waals surface area contributed by atoms with Gasteiger partial charge in [0.05, 0.1) is 0 Å². The number of amidine groups is 1. The average molecular weight is 292 g/mol. The van der Waals surface area contributed by atoms with Crippen LogP contribution in [-0.4, -0.2) is 5.17 Å². The average Bonchev–Trinajstić information content (AvgIpc) is 2.45. The van der Waals surface area contributed by atoms with Crippen LogP contribution in [0.2, 0.25) is 0 Å². The molecule has 0 atom stereocenters. The van der Waals surface area contributed by atoms with E-state index in [0.717, 1.165) is 5.75 Å². The molecule has 0 amide bonds. The van der Waals surface area contributed by atoms with Crippen LogP contribution in [0.5, 0.6) is 0 Å². The van der Waals surface area contributed by atoms with E-state index in [1.54, 1.807) is 0 Å². The predicted octanol–water partition coefficient (Wildman–Crippen LogP) is 5.11. The summed E-state index contributed by atoms with van der Waals surface area (Å²) in [5.74, 6) is 0.799. The second-order valence-electron chi connectivity index (χ2n) is 5.34. The Morgan fingerprint density at radius 2 is 1.50 bits per heavy atom. The first-order chi connectivity index (χ1) is 9.72. The van der Waals surface area contributed by atoms with Gasteiger partial charge in [0.15, 0.2) is 5.17 Å². The number of rotatable bonds is 10. The maximum Gasteiger partial charge on any atom is 0.151 e. The van der Waals surface area contributed by atoms with Gasteiger partial charge in [-0.1, -0.05) is 81.5 Å². The lowest BCUT2D eigenvalue weighted by atomic mass is 10.0. The minimum Gasteiger partial charge on any atom is -0.379 e. The molecule has 0 spiro atoms. The quantitative estimate of drug-likeness (QED) is 0.358. The Hall–Kier alpha value is -0.960. The monoisotopic (exact) mass is 292 g/mol. The number of unbranched alkanes of at least 4 members (excludes halogenated alkanes) is 6. The van der Waals surface area contributed by atoms with Gasteiger partial charge in [-0.3, -0.25) is 5.41 Å². The summed E-state index contributed by atoms with van der Waals surface area (Å²) in [6.07, 6.45) is 10.7. The number of nitrogens with one attached hydrogen (secondary N) is 1. The van der Waals surface area contributed by atoms with Gasteiger partial charge in [-0.25, -0.2) is 0 Å². The van der Waals surface area contributed by atoms with Gasteiger partial charge < -0.3 is 5.73 Å². The topological polar surface area (TPSA) is 49.9 Å². The molecule has 0 aliphatic carbocycles. The second kappa shape index (κ2) is 10.8. The van der Waals surface area contributed by atoms with E-state index in [1.807, 2.05) is 0 Å². The predicted molar refractivity (Wildman–Crippen MR) is 91.3 cm³/mol. The van der Waals surface area contributed by atoms with Crippen molar-refractivity contribution in [2.45, 2.75) is 64.0 Å². The highest BCUT2D eigenvalue weighted by molar-refractivity contribution is 8.13. The third-order valence-corrected chi connectivity index (χ3v) is 4.27. The van der Waals surface area contributed by atoms with Crippen LogP contribution >= 0.6 is 11.8 Å². The summed E-state index contributed by atoms with van der Waals surface area (Å²) in [5, 5.41) is 7.39. The number of hydrogen-bond acceptors (Lipinski definition) is 2. The van der Waals surface area contributed by atoms with Gasteiger partial charge in [0.25, 0.3) is 0 Å². The molecular formula is C17H28N2S. The van der Waals surface area contributed by atoms with Crippen molar-refractivity contribution in [2.75, 3.05) is 0 Å². The van der Waals surface area contributed by atoms with Crippen molar-refractivity contribution in [1.82, 2.24) is 0 Å². The molecule has 20 heavy (non-hydrogen) atoms. The van der Waals surface area contributed by atoms with Crippen molar-refractivity contribution in [3.63, 3.8) is 0 Å². The number of benzene rings is 1. The maximum absolute atomic E-state index is 7.20. The molecule has 1 rings (SSSR count). The third kappa shape index (κ3) is 8.26. The largest absolute Gasteiger partial charge is 0.379 e. The third-order valence-electron chi connectivity index (χ3n) is 3.49. The first-order valence-corrected chi connectivity index (χ1v) is 8.75. The first-order valence-electron chi connectivity index (χ1n) is 7.77. The molecule has 0 bridgehead atoms. The summed E-state index contributed by atoms with van der Waals surface area (Å²) in [4.78, 5) is 0. The molecule has 0 saturated carbocycles. The summed E-state index contributed by atoms with van der Waals surface area (Å²) >= 11 is 1.38. The zero-order valence-electron chi connectivity index (χ0n) is 12.7. The molecule has 0 radical (unpaired) electrons. The van der Waals surface area contributed by atoms with Gasteiger partial charge >= 0.3 is 0 Å². The maximum atomic E-state index is 7.20. The lowest BCUT2D eigenvalue weighted by molar-refractivity contribution is 0.589. The molecule has 0 heterocycles. The molecular weight excluding hydrogens is 264 g/mol. The minimum absolute atomic E-state index is 0.192. The Labute approximate surface area is 128 Å². The molecule has 2 nitrogen and oxygen atoms in total. The number of nitrogens with two attached hydrogens (primary N) is 1. The lowest BCUT2D eigenvalue weighted by Crippen LogP contribution is -2.03. The molecule has 3 heteroatoms. The molecule has 0 aromatic heterocycles. The smallest absolute Gasteiger partial charge is 0.151 e. The van der Waals surface area contributed by atoms with Crippen LogP contribution in [0.15, 0.2) is 24.3 Å². The Bertz CT molecular complexity index is 373. The molecule has 0 aliphatic rings. The van der Waals surface area contributed by atoms with Gasteiger partial charge in [-0.15, -0.1) is 0 Å². The van der Waals surface area contributed by atoms with E-state index in [9.17, 15) is 0 Å². The van der Waals surface area contributed by atoms with E-state index < -0.39 is 0 Å². The minimum atomic E-state index is 0.192. The number of aryl methyl sites for hydroxylation is 1. The molecule has 1 aromatic rings. The molecule has 112 valence electrons. The highest BCUT2D eigenvalue weighted by atomic mass is 32.2.